The van der Waals surface area contributed by atoms with Crippen LogP contribution in [0.2, 0.25) is 0 Å². The van der Waals surface area contributed by atoms with Crippen LogP contribution in [-0.4, -0.2) is 37.1 Å². The molecule has 0 saturated carbocycles. The summed E-state index contributed by atoms with van der Waals surface area (Å²) in [5, 5.41) is 8.99. The van der Waals surface area contributed by atoms with Crippen molar-refractivity contribution in [1.82, 2.24) is 4.90 Å². The molecule has 102 valence electrons. The van der Waals surface area contributed by atoms with Gasteiger partial charge in [-0.1, -0.05) is 18.2 Å². The third kappa shape index (κ3) is 2.74. The van der Waals surface area contributed by atoms with Gasteiger partial charge in [-0.3, -0.25) is 4.90 Å². The number of likely N-dealkylation sites (N-methyl/N-ethyl adjacent to an activating group) is 1. The van der Waals surface area contributed by atoms with Gasteiger partial charge in [-0.15, -0.1) is 0 Å². The molecular formula is C16H23N3. The van der Waals surface area contributed by atoms with Crippen LogP contribution >= 0.6 is 0 Å². The van der Waals surface area contributed by atoms with E-state index in [1.165, 1.54) is 16.8 Å². The number of para-hydroxylation sites is 1. The molecule has 0 spiro atoms. The highest BCUT2D eigenvalue weighted by Crippen LogP contribution is 2.28. The van der Waals surface area contributed by atoms with Gasteiger partial charge in [0.1, 0.15) is 0 Å². The highest BCUT2D eigenvalue weighted by molar-refractivity contribution is 5.59. The van der Waals surface area contributed by atoms with Gasteiger partial charge in [0.05, 0.1) is 12.5 Å². The maximum atomic E-state index is 8.99. The molecule has 1 heterocycles. The van der Waals surface area contributed by atoms with Crippen molar-refractivity contribution in [3.63, 3.8) is 0 Å². The Kier molecular flexibility index (Phi) is 4.11. The van der Waals surface area contributed by atoms with Crippen molar-refractivity contribution < 1.29 is 0 Å². The summed E-state index contributed by atoms with van der Waals surface area (Å²) in [4.78, 5) is 4.80. The summed E-state index contributed by atoms with van der Waals surface area (Å²) in [7, 11) is 2.13. The molecule has 1 fully saturated rings. The normalized spacial score (nSPS) is 24.3. The number of anilines is 1. The summed E-state index contributed by atoms with van der Waals surface area (Å²) >= 11 is 0. The van der Waals surface area contributed by atoms with E-state index in [1.807, 2.05) is 0 Å². The fourth-order valence-electron chi connectivity index (χ4n) is 3.07. The molecule has 1 saturated heterocycles. The Morgan fingerprint density at radius 3 is 2.47 bits per heavy atom. The lowest BCUT2D eigenvalue weighted by Gasteiger charge is -2.45. The van der Waals surface area contributed by atoms with Crippen molar-refractivity contribution in [2.24, 2.45) is 0 Å². The number of aryl methyl sites for hydroxylation is 2. The Morgan fingerprint density at radius 1 is 1.26 bits per heavy atom. The number of nitriles is 1. The number of piperazine rings is 1. The predicted molar refractivity (Wildman–Crippen MR) is 79.4 cm³/mol. The van der Waals surface area contributed by atoms with Crippen molar-refractivity contribution in [2.45, 2.75) is 39.3 Å². The monoisotopic (exact) mass is 257 g/mol. The quantitative estimate of drug-likeness (QED) is 0.816. The lowest BCUT2D eigenvalue weighted by atomic mass is 10.0. The second kappa shape index (κ2) is 5.63. The van der Waals surface area contributed by atoms with Crippen molar-refractivity contribution in [1.29, 1.82) is 5.26 Å². The Bertz CT molecular complexity index is 469. The molecule has 0 radical (unpaired) electrons. The van der Waals surface area contributed by atoms with Gasteiger partial charge in [-0.05, 0) is 38.9 Å². The van der Waals surface area contributed by atoms with Gasteiger partial charge < -0.3 is 4.90 Å². The van der Waals surface area contributed by atoms with E-state index in [1.54, 1.807) is 0 Å². The summed E-state index contributed by atoms with van der Waals surface area (Å²) < 4.78 is 0. The molecule has 3 heteroatoms. The molecular weight excluding hydrogens is 234 g/mol. The van der Waals surface area contributed by atoms with Gasteiger partial charge in [-0.2, -0.15) is 5.26 Å². The summed E-state index contributed by atoms with van der Waals surface area (Å²) in [5.74, 6) is 0. The zero-order valence-corrected chi connectivity index (χ0v) is 12.3. The first-order valence-electron chi connectivity index (χ1n) is 6.94. The van der Waals surface area contributed by atoms with Gasteiger partial charge in [0.15, 0.2) is 0 Å². The van der Waals surface area contributed by atoms with E-state index < -0.39 is 0 Å². The van der Waals surface area contributed by atoms with Gasteiger partial charge in [0, 0.05) is 30.9 Å². The van der Waals surface area contributed by atoms with Crippen LogP contribution in [0.1, 0.15) is 24.5 Å². The fraction of sp³-hybridized carbons (Fsp3) is 0.562. The second-order valence-electron chi connectivity index (χ2n) is 5.68. The summed E-state index contributed by atoms with van der Waals surface area (Å²) in [6.07, 6.45) is 0.599. The molecule has 2 rings (SSSR count). The summed E-state index contributed by atoms with van der Waals surface area (Å²) in [5.41, 5.74) is 4.00. The van der Waals surface area contributed by atoms with Crippen LogP contribution in [-0.2, 0) is 0 Å². The Labute approximate surface area is 116 Å². The molecule has 2 atom stereocenters. The largest absolute Gasteiger partial charge is 0.368 e. The van der Waals surface area contributed by atoms with Crippen LogP contribution in [0.15, 0.2) is 18.2 Å². The maximum absolute atomic E-state index is 8.99. The minimum Gasteiger partial charge on any atom is -0.368 e. The highest BCUT2D eigenvalue weighted by atomic mass is 15.3. The topological polar surface area (TPSA) is 30.3 Å². The van der Waals surface area contributed by atoms with E-state index in [0.717, 1.165) is 13.1 Å². The molecule has 0 aliphatic carbocycles. The van der Waals surface area contributed by atoms with E-state index in [0.29, 0.717) is 18.5 Å². The van der Waals surface area contributed by atoms with Gasteiger partial charge in [0.2, 0.25) is 0 Å². The van der Waals surface area contributed by atoms with Crippen LogP contribution < -0.4 is 4.90 Å². The van der Waals surface area contributed by atoms with E-state index in [2.05, 4.69) is 61.9 Å². The van der Waals surface area contributed by atoms with Crippen molar-refractivity contribution >= 4 is 5.69 Å². The average molecular weight is 257 g/mol. The second-order valence-corrected chi connectivity index (χ2v) is 5.68. The average Bonchev–Trinajstić information content (AvgIpc) is 2.35. The number of rotatable bonds is 2. The summed E-state index contributed by atoms with van der Waals surface area (Å²) in [6, 6.07) is 9.58. The molecule has 1 aliphatic heterocycles. The van der Waals surface area contributed by atoms with Gasteiger partial charge in [0.25, 0.3) is 0 Å². The zero-order chi connectivity index (χ0) is 14.0. The zero-order valence-electron chi connectivity index (χ0n) is 12.3. The number of hydrogen-bond donors (Lipinski definition) is 0. The fourth-order valence-corrected chi connectivity index (χ4v) is 3.07. The van der Waals surface area contributed by atoms with Crippen LogP contribution in [0.5, 0.6) is 0 Å². The van der Waals surface area contributed by atoms with Crippen LogP contribution in [0.25, 0.3) is 0 Å². The third-order valence-electron chi connectivity index (χ3n) is 4.27. The molecule has 2 unspecified atom stereocenters. The van der Waals surface area contributed by atoms with Gasteiger partial charge in [-0.25, -0.2) is 0 Å². The standard InChI is InChI=1S/C16H23N3/c1-12-6-5-7-13(2)16(12)19-10-14(3)18(4)15(11-19)8-9-17/h5-7,14-15H,8,10-11H2,1-4H3. The van der Waals surface area contributed by atoms with E-state index >= 15 is 0 Å². The van der Waals surface area contributed by atoms with E-state index in [9.17, 15) is 0 Å². The smallest absolute Gasteiger partial charge is 0.0638 e. The van der Waals surface area contributed by atoms with Crippen LogP contribution in [0, 0.1) is 25.2 Å². The molecule has 1 aliphatic rings. The lowest BCUT2D eigenvalue weighted by molar-refractivity contribution is 0.160. The number of hydrogen-bond acceptors (Lipinski definition) is 3. The lowest BCUT2D eigenvalue weighted by Crippen LogP contribution is -2.56. The molecule has 0 amide bonds. The first kappa shape index (κ1) is 13.9. The Balaban J connectivity index is 2.28. The number of nitrogens with zero attached hydrogens (tertiary/aromatic N) is 3. The van der Waals surface area contributed by atoms with E-state index in [-0.39, 0.29) is 0 Å². The Morgan fingerprint density at radius 2 is 1.89 bits per heavy atom. The Hall–Kier alpha value is -1.53. The van der Waals surface area contributed by atoms with Crippen molar-refractivity contribution in [2.75, 3.05) is 25.0 Å². The molecule has 19 heavy (non-hydrogen) atoms. The molecule has 1 aromatic carbocycles. The molecule has 3 nitrogen and oxygen atoms in total. The third-order valence-corrected chi connectivity index (χ3v) is 4.27. The molecule has 1 aromatic rings. The SMILES string of the molecule is Cc1cccc(C)c1N1CC(C)N(C)C(CC#N)C1. The summed E-state index contributed by atoms with van der Waals surface area (Å²) in [6.45, 7) is 8.56. The van der Waals surface area contributed by atoms with Crippen LogP contribution in [0.4, 0.5) is 5.69 Å². The first-order valence-corrected chi connectivity index (χ1v) is 6.94. The molecule has 0 bridgehead atoms. The van der Waals surface area contributed by atoms with Crippen LogP contribution in [0.3, 0.4) is 0 Å². The highest BCUT2D eigenvalue weighted by Gasteiger charge is 2.30. The van der Waals surface area contributed by atoms with Gasteiger partial charge >= 0.3 is 0 Å². The van der Waals surface area contributed by atoms with Crippen molar-refractivity contribution in [3.8, 4) is 6.07 Å². The number of benzene rings is 1. The van der Waals surface area contributed by atoms with E-state index in [4.69, 9.17) is 5.26 Å². The minimum atomic E-state index is 0.327. The predicted octanol–water partition coefficient (Wildman–Crippen LogP) is 2.73. The molecule has 0 aromatic heterocycles. The minimum absolute atomic E-state index is 0.327. The first-order chi connectivity index (χ1) is 9.04. The molecule has 0 N–H and O–H groups in total. The van der Waals surface area contributed by atoms with Crippen molar-refractivity contribution in [3.05, 3.63) is 29.3 Å². The maximum Gasteiger partial charge on any atom is 0.0638 e.